The molecule has 0 aliphatic carbocycles. The topological polar surface area (TPSA) is 46.2 Å². The summed E-state index contributed by atoms with van der Waals surface area (Å²) in [6, 6.07) is 2.23. The zero-order valence-electron chi connectivity index (χ0n) is 10.1. The fourth-order valence-electron chi connectivity index (χ4n) is 1.83. The molecular formula is C11H11F4NO2S2. The van der Waals surface area contributed by atoms with E-state index < -0.39 is 26.1 Å². The molecule has 1 heterocycles. The third-order valence-corrected chi connectivity index (χ3v) is 5.52. The molecule has 1 aromatic rings. The number of anilines is 1. The zero-order chi connectivity index (χ0) is 15.0. The molecule has 112 valence electrons. The van der Waals surface area contributed by atoms with Crippen LogP contribution in [0.4, 0.5) is 23.2 Å². The lowest BCUT2D eigenvalue weighted by molar-refractivity contribution is -0.0435. The average molecular weight is 329 g/mol. The molecule has 20 heavy (non-hydrogen) atoms. The van der Waals surface area contributed by atoms with Gasteiger partial charge in [-0.1, -0.05) is 0 Å². The standard InChI is InChI=1S/C11H11F4NO2S2/c12-7-1-2-9(16-8-3-4-19-6-8)10(5-7)20(17,18)11(13,14)15/h1-2,5,8,16H,3-4,6H2. The van der Waals surface area contributed by atoms with Crippen LogP contribution in [0.5, 0.6) is 0 Å². The van der Waals surface area contributed by atoms with Gasteiger partial charge in [-0.25, -0.2) is 12.8 Å². The van der Waals surface area contributed by atoms with E-state index in [1.807, 2.05) is 0 Å². The summed E-state index contributed by atoms with van der Waals surface area (Å²) >= 11 is 1.62. The van der Waals surface area contributed by atoms with Gasteiger partial charge in [-0.05, 0) is 30.4 Å². The Morgan fingerprint density at radius 2 is 2.00 bits per heavy atom. The predicted octanol–water partition coefficient (Wildman–Crippen LogP) is 3.04. The van der Waals surface area contributed by atoms with E-state index in [0.717, 1.165) is 17.9 Å². The van der Waals surface area contributed by atoms with E-state index in [9.17, 15) is 26.0 Å². The minimum Gasteiger partial charge on any atom is -0.380 e. The van der Waals surface area contributed by atoms with Crippen molar-refractivity contribution >= 4 is 27.3 Å². The maximum absolute atomic E-state index is 13.1. The van der Waals surface area contributed by atoms with Crippen molar-refractivity contribution in [2.45, 2.75) is 22.9 Å². The minimum atomic E-state index is -5.58. The second-order valence-corrected chi connectivity index (χ2v) is 7.35. The molecule has 1 N–H and O–H groups in total. The first-order valence-electron chi connectivity index (χ1n) is 5.67. The Hall–Kier alpha value is -0.960. The summed E-state index contributed by atoms with van der Waals surface area (Å²) in [5.41, 5.74) is -5.67. The Morgan fingerprint density at radius 3 is 2.55 bits per heavy atom. The van der Waals surface area contributed by atoms with Crippen LogP contribution in [0.3, 0.4) is 0 Å². The third-order valence-electron chi connectivity index (χ3n) is 2.83. The summed E-state index contributed by atoms with van der Waals surface area (Å²) in [6.45, 7) is 0. The first-order chi connectivity index (χ1) is 9.22. The van der Waals surface area contributed by atoms with E-state index in [-0.39, 0.29) is 11.7 Å². The molecule has 0 saturated carbocycles. The summed E-state index contributed by atoms with van der Waals surface area (Å²) in [4.78, 5) is -1.07. The molecule has 1 saturated heterocycles. The fourth-order valence-corrected chi connectivity index (χ4v) is 3.92. The zero-order valence-corrected chi connectivity index (χ0v) is 11.7. The summed E-state index contributed by atoms with van der Waals surface area (Å²) < 4.78 is 73.8. The monoisotopic (exact) mass is 329 g/mol. The lowest BCUT2D eigenvalue weighted by Gasteiger charge is -2.17. The Morgan fingerprint density at radius 1 is 1.30 bits per heavy atom. The molecule has 0 aromatic heterocycles. The maximum Gasteiger partial charge on any atom is 0.501 e. The minimum absolute atomic E-state index is 0.118. The van der Waals surface area contributed by atoms with E-state index in [4.69, 9.17) is 0 Å². The van der Waals surface area contributed by atoms with Gasteiger partial charge in [0.05, 0.1) is 5.69 Å². The van der Waals surface area contributed by atoms with Crippen LogP contribution in [-0.2, 0) is 9.84 Å². The van der Waals surface area contributed by atoms with Crippen LogP contribution in [0.1, 0.15) is 6.42 Å². The number of benzene rings is 1. The summed E-state index contributed by atoms with van der Waals surface area (Å²) in [5.74, 6) is 0.488. The molecule has 0 spiro atoms. The number of hydrogen-bond acceptors (Lipinski definition) is 4. The first-order valence-corrected chi connectivity index (χ1v) is 8.31. The van der Waals surface area contributed by atoms with Crippen LogP contribution in [0, 0.1) is 5.82 Å². The van der Waals surface area contributed by atoms with Gasteiger partial charge in [0.2, 0.25) is 0 Å². The normalized spacial score (nSPS) is 20.1. The highest BCUT2D eigenvalue weighted by molar-refractivity contribution is 7.99. The maximum atomic E-state index is 13.1. The quantitative estimate of drug-likeness (QED) is 0.866. The van der Waals surface area contributed by atoms with Crippen molar-refractivity contribution in [3.8, 4) is 0 Å². The first kappa shape index (κ1) is 15.4. The molecule has 2 rings (SSSR count). The van der Waals surface area contributed by atoms with E-state index in [1.54, 1.807) is 11.8 Å². The second kappa shape index (κ2) is 5.44. The lowest BCUT2D eigenvalue weighted by atomic mass is 10.2. The summed E-state index contributed by atoms with van der Waals surface area (Å²) in [6.07, 6.45) is 0.716. The number of alkyl halides is 3. The number of nitrogens with one attached hydrogen (secondary N) is 1. The van der Waals surface area contributed by atoms with Crippen molar-refractivity contribution < 1.29 is 26.0 Å². The van der Waals surface area contributed by atoms with Crippen molar-refractivity contribution in [3.05, 3.63) is 24.0 Å². The fraction of sp³-hybridized carbons (Fsp3) is 0.455. The van der Waals surface area contributed by atoms with Crippen molar-refractivity contribution in [2.24, 2.45) is 0 Å². The van der Waals surface area contributed by atoms with Gasteiger partial charge in [-0.3, -0.25) is 0 Å². The molecule has 3 nitrogen and oxygen atoms in total. The van der Waals surface area contributed by atoms with Gasteiger partial charge in [-0.15, -0.1) is 0 Å². The molecule has 0 amide bonds. The molecule has 1 atom stereocenters. The predicted molar refractivity (Wildman–Crippen MR) is 69.0 cm³/mol. The van der Waals surface area contributed by atoms with Gasteiger partial charge in [-0.2, -0.15) is 24.9 Å². The molecule has 1 aromatic carbocycles. The van der Waals surface area contributed by atoms with E-state index in [0.29, 0.717) is 18.2 Å². The van der Waals surface area contributed by atoms with Crippen molar-refractivity contribution in [1.82, 2.24) is 0 Å². The van der Waals surface area contributed by atoms with Crippen molar-refractivity contribution in [1.29, 1.82) is 0 Å². The highest BCUT2D eigenvalue weighted by Crippen LogP contribution is 2.35. The highest BCUT2D eigenvalue weighted by atomic mass is 32.2. The Balaban J connectivity index is 2.43. The van der Waals surface area contributed by atoms with Crippen LogP contribution < -0.4 is 5.32 Å². The Kier molecular flexibility index (Phi) is 4.19. The van der Waals surface area contributed by atoms with Crippen molar-refractivity contribution in [2.75, 3.05) is 16.8 Å². The molecule has 1 aliphatic heterocycles. The molecule has 0 bridgehead atoms. The van der Waals surface area contributed by atoms with Crippen LogP contribution in [0.25, 0.3) is 0 Å². The number of halogens is 4. The molecule has 1 fully saturated rings. The van der Waals surface area contributed by atoms with E-state index in [2.05, 4.69) is 5.32 Å². The van der Waals surface area contributed by atoms with E-state index >= 15 is 0 Å². The number of sulfone groups is 1. The highest BCUT2D eigenvalue weighted by Gasteiger charge is 2.48. The van der Waals surface area contributed by atoms with Gasteiger partial charge >= 0.3 is 5.51 Å². The third kappa shape index (κ3) is 3.03. The van der Waals surface area contributed by atoms with E-state index in [1.165, 1.54) is 0 Å². The molecule has 1 aliphatic rings. The SMILES string of the molecule is O=S(=O)(c1cc(F)ccc1NC1CCSC1)C(F)(F)F. The largest absolute Gasteiger partial charge is 0.501 e. The number of thioether (sulfide) groups is 1. The number of rotatable bonds is 3. The summed E-state index contributed by atoms with van der Waals surface area (Å²) in [5, 5.41) is 2.75. The van der Waals surface area contributed by atoms with Crippen LogP contribution in [-0.4, -0.2) is 31.5 Å². The van der Waals surface area contributed by atoms with Gasteiger partial charge < -0.3 is 5.32 Å². The smallest absolute Gasteiger partial charge is 0.380 e. The van der Waals surface area contributed by atoms with Crippen LogP contribution >= 0.6 is 11.8 Å². The van der Waals surface area contributed by atoms with Gasteiger partial charge in [0.1, 0.15) is 10.7 Å². The molecular weight excluding hydrogens is 318 g/mol. The number of hydrogen-bond donors (Lipinski definition) is 1. The molecule has 9 heteroatoms. The van der Waals surface area contributed by atoms with Gasteiger partial charge in [0.25, 0.3) is 9.84 Å². The Bertz CT molecular complexity index is 595. The van der Waals surface area contributed by atoms with Gasteiger partial charge in [0, 0.05) is 11.8 Å². The van der Waals surface area contributed by atoms with Crippen LogP contribution in [0.2, 0.25) is 0 Å². The van der Waals surface area contributed by atoms with Gasteiger partial charge in [0.15, 0.2) is 0 Å². The Labute approximate surface area is 117 Å². The van der Waals surface area contributed by atoms with Crippen LogP contribution in [0.15, 0.2) is 23.1 Å². The average Bonchev–Trinajstić information content (AvgIpc) is 2.82. The second-order valence-electron chi connectivity index (χ2n) is 4.29. The van der Waals surface area contributed by atoms with Crippen molar-refractivity contribution in [3.63, 3.8) is 0 Å². The molecule has 1 unspecified atom stereocenters. The molecule has 0 radical (unpaired) electrons. The summed E-state index contributed by atoms with van der Waals surface area (Å²) in [7, 11) is -5.58. The lowest BCUT2D eigenvalue weighted by Crippen LogP contribution is -2.26.